The molecule has 1 saturated carbocycles. The summed E-state index contributed by atoms with van der Waals surface area (Å²) >= 11 is 1.90. The van der Waals surface area contributed by atoms with Crippen LogP contribution in [-0.4, -0.2) is 12.3 Å². The molecule has 0 bridgehead atoms. The fourth-order valence-corrected chi connectivity index (χ4v) is 15.3. The van der Waals surface area contributed by atoms with Gasteiger partial charge in [0.25, 0.3) is 6.71 Å². The standard InChI is InChI=1S/C66H62BN3OS/c1-39-33-40(2)60-53(34-39)70(66(10)32-16-15-31-65(60,66)9)43-37-54-61-55(38-43)69(52-23-17-21-45-44-19-11-13-24-56(44)71-62(45)52)50-30-28-42(64(6,7)8)36-48(50)67(61)47-35-41(63(3,4)5)27-29-49(47)68(54)51-22-18-26-58-59(51)46-20-12-14-25-57(46)72-58/h11-14,17-30,33-38H,15-16,31-32H2,1-10H3. The Bertz CT molecular complexity index is 3960. The van der Waals surface area contributed by atoms with Crippen LogP contribution in [0.3, 0.4) is 0 Å². The zero-order valence-corrected chi connectivity index (χ0v) is 44.2. The minimum atomic E-state index is -0.160. The number of rotatable bonds is 3. The number of aryl methyl sites for hydroxylation is 2. The zero-order chi connectivity index (χ0) is 49.4. The van der Waals surface area contributed by atoms with Gasteiger partial charge in [-0.1, -0.05) is 146 Å². The first-order valence-corrected chi connectivity index (χ1v) is 27.1. The average molecular weight is 956 g/mol. The Morgan fingerprint density at radius 2 is 1.14 bits per heavy atom. The lowest BCUT2D eigenvalue weighted by Gasteiger charge is -2.51. The van der Waals surface area contributed by atoms with Gasteiger partial charge in [-0.15, -0.1) is 11.3 Å². The van der Waals surface area contributed by atoms with Crippen molar-refractivity contribution in [2.24, 2.45) is 0 Å². The summed E-state index contributed by atoms with van der Waals surface area (Å²) in [6.07, 6.45) is 4.74. The van der Waals surface area contributed by atoms with Gasteiger partial charge in [-0.05, 0) is 149 Å². The monoisotopic (exact) mass is 955 g/mol. The topological polar surface area (TPSA) is 22.9 Å². The van der Waals surface area contributed by atoms with E-state index in [4.69, 9.17) is 4.42 Å². The minimum absolute atomic E-state index is 0.0274. The van der Waals surface area contributed by atoms with Crippen LogP contribution in [0.5, 0.6) is 0 Å². The molecule has 0 saturated heterocycles. The Kier molecular flexibility index (Phi) is 9.11. The number of para-hydroxylation sites is 2. The van der Waals surface area contributed by atoms with E-state index in [1.165, 1.54) is 123 Å². The van der Waals surface area contributed by atoms with E-state index < -0.39 is 0 Å². The summed E-state index contributed by atoms with van der Waals surface area (Å²) < 4.78 is 9.68. The number of benzene rings is 8. The molecule has 0 spiro atoms. The van der Waals surface area contributed by atoms with Gasteiger partial charge in [0.2, 0.25) is 0 Å². The number of nitrogens with zero attached hydrogens (tertiary/aromatic N) is 3. The molecule has 0 N–H and O–H groups in total. The van der Waals surface area contributed by atoms with Crippen molar-refractivity contribution >= 4 is 122 Å². The molecule has 14 rings (SSSR count). The Morgan fingerprint density at radius 3 is 1.85 bits per heavy atom. The first-order valence-electron chi connectivity index (χ1n) is 26.3. The van der Waals surface area contributed by atoms with Crippen molar-refractivity contribution in [3.05, 3.63) is 173 Å². The second kappa shape index (κ2) is 14.9. The van der Waals surface area contributed by atoms with Gasteiger partial charge in [-0.3, -0.25) is 0 Å². The molecule has 2 atom stereocenters. The van der Waals surface area contributed by atoms with E-state index in [2.05, 4.69) is 230 Å². The van der Waals surface area contributed by atoms with Crippen LogP contribution in [0.1, 0.15) is 109 Å². The normalized spacial score (nSPS) is 19.3. The molecule has 6 heteroatoms. The van der Waals surface area contributed by atoms with Crippen molar-refractivity contribution in [3.63, 3.8) is 0 Å². The van der Waals surface area contributed by atoms with E-state index in [0.29, 0.717) is 0 Å². The molecule has 10 aromatic rings. The van der Waals surface area contributed by atoms with Crippen molar-refractivity contribution in [2.75, 3.05) is 14.7 Å². The van der Waals surface area contributed by atoms with E-state index in [9.17, 15) is 0 Å². The molecule has 1 fully saturated rings. The quantitative estimate of drug-likeness (QED) is 0.165. The Morgan fingerprint density at radius 1 is 0.542 bits per heavy atom. The van der Waals surface area contributed by atoms with E-state index in [1.807, 2.05) is 11.3 Å². The Labute approximate surface area is 429 Å². The maximum Gasteiger partial charge on any atom is 0.252 e. The fraction of sp³-hybridized carbons (Fsp3) is 0.273. The molecule has 5 heterocycles. The van der Waals surface area contributed by atoms with Crippen molar-refractivity contribution in [3.8, 4) is 0 Å². The largest absolute Gasteiger partial charge is 0.454 e. The third-order valence-electron chi connectivity index (χ3n) is 17.8. The molecule has 356 valence electrons. The molecule has 72 heavy (non-hydrogen) atoms. The molecule has 4 nitrogen and oxygen atoms in total. The van der Waals surface area contributed by atoms with Gasteiger partial charge in [0, 0.05) is 70.5 Å². The van der Waals surface area contributed by atoms with E-state index in [1.54, 1.807) is 0 Å². The van der Waals surface area contributed by atoms with E-state index in [-0.39, 0.29) is 28.5 Å². The van der Waals surface area contributed by atoms with Crippen molar-refractivity contribution in [1.29, 1.82) is 0 Å². The molecule has 8 aromatic carbocycles. The summed E-state index contributed by atoms with van der Waals surface area (Å²) in [7, 11) is 0. The van der Waals surface area contributed by atoms with Crippen LogP contribution in [0, 0.1) is 13.8 Å². The smallest absolute Gasteiger partial charge is 0.252 e. The van der Waals surface area contributed by atoms with Gasteiger partial charge in [-0.2, -0.15) is 0 Å². The maximum atomic E-state index is 7.06. The molecule has 3 aliphatic heterocycles. The minimum Gasteiger partial charge on any atom is -0.454 e. The molecule has 4 aliphatic rings. The summed E-state index contributed by atoms with van der Waals surface area (Å²) in [4.78, 5) is 8.10. The molecule has 2 unspecified atom stereocenters. The van der Waals surface area contributed by atoms with Crippen LogP contribution in [0.2, 0.25) is 0 Å². The number of hydrogen-bond acceptors (Lipinski definition) is 5. The first kappa shape index (κ1) is 44.0. The lowest BCUT2D eigenvalue weighted by molar-refractivity contribution is 0.194. The SMILES string of the molecule is Cc1cc(C)c2c(c1)N(c1cc3c4c(c1)N(c1cccc5sc6ccccc6c15)c1ccc(C(C)(C)C)cc1B4c1cc(C(C)(C)C)ccc1N3c1cccc3c1oc1ccccc13)C1(C)CCCCC21C. The van der Waals surface area contributed by atoms with Gasteiger partial charge in [0.05, 0.1) is 16.9 Å². The number of anilines is 8. The highest BCUT2D eigenvalue weighted by atomic mass is 32.1. The van der Waals surface area contributed by atoms with Crippen molar-refractivity contribution < 1.29 is 4.42 Å². The Balaban J connectivity index is 1.17. The van der Waals surface area contributed by atoms with Crippen LogP contribution in [-0.2, 0) is 16.2 Å². The van der Waals surface area contributed by atoms with Crippen LogP contribution in [0.4, 0.5) is 45.5 Å². The number of thiophene rings is 1. The molecular weight excluding hydrogens is 894 g/mol. The summed E-state index contributed by atoms with van der Waals surface area (Å²) in [6.45, 7) is 23.9. The average Bonchev–Trinajstić information content (AvgIpc) is 3.99. The molecular formula is C66H62BN3OS. The summed E-state index contributed by atoms with van der Waals surface area (Å²) in [5, 5.41) is 4.88. The van der Waals surface area contributed by atoms with E-state index in [0.717, 1.165) is 34.0 Å². The molecule has 0 radical (unpaired) electrons. The number of furan rings is 1. The highest BCUT2D eigenvalue weighted by Crippen LogP contribution is 2.63. The van der Waals surface area contributed by atoms with Crippen LogP contribution in [0.15, 0.2) is 150 Å². The van der Waals surface area contributed by atoms with Crippen molar-refractivity contribution in [2.45, 2.75) is 117 Å². The summed E-state index contributed by atoms with van der Waals surface area (Å²) in [5.74, 6) is 0. The van der Waals surface area contributed by atoms with Gasteiger partial charge >= 0.3 is 0 Å². The maximum absolute atomic E-state index is 7.06. The Hall–Kier alpha value is -6.76. The molecule has 1 aliphatic carbocycles. The van der Waals surface area contributed by atoms with Gasteiger partial charge in [0.15, 0.2) is 5.58 Å². The summed E-state index contributed by atoms with van der Waals surface area (Å²) in [6, 6.07) is 56.3. The zero-order valence-electron chi connectivity index (χ0n) is 43.4. The highest BCUT2D eigenvalue weighted by Gasteiger charge is 2.59. The molecule has 0 amide bonds. The van der Waals surface area contributed by atoms with Gasteiger partial charge in [-0.25, -0.2) is 0 Å². The third kappa shape index (κ3) is 5.93. The van der Waals surface area contributed by atoms with E-state index >= 15 is 0 Å². The molecule has 2 aromatic heterocycles. The predicted octanol–water partition coefficient (Wildman–Crippen LogP) is 17.0. The predicted molar refractivity (Wildman–Crippen MR) is 310 cm³/mol. The number of hydrogen-bond donors (Lipinski definition) is 0. The first-order chi connectivity index (χ1) is 34.5. The fourth-order valence-electron chi connectivity index (χ4n) is 14.2. The van der Waals surface area contributed by atoms with Crippen LogP contribution < -0.4 is 31.1 Å². The third-order valence-corrected chi connectivity index (χ3v) is 18.9. The lowest BCUT2D eigenvalue weighted by atomic mass is 9.33. The van der Waals surface area contributed by atoms with Gasteiger partial charge < -0.3 is 19.1 Å². The van der Waals surface area contributed by atoms with Crippen molar-refractivity contribution in [1.82, 2.24) is 0 Å². The second-order valence-corrected chi connectivity index (χ2v) is 25.3. The lowest BCUT2D eigenvalue weighted by Crippen LogP contribution is -2.62. The number of fused-ring (bicyclic) bond motifs is 13. The highest BCUT2D eigenvalue weighted by molar-refractivity contribution is 7.26. The van der Waals surface area contributed by atoms with Crippen LogP contribution >= 0.6 is 11.3 Å². The summed E-state index contributed by atoms with van der Waals surface area (Å²) in [5.41, 5.74) is 22.2. The van der Waals surface area contributed by atoms with Crippen LogP contribution in [0.25, 0.3) is 42.1 Å². The second-order valence-electron chi connectivity index (χ2n) is 24.2. The van der Waals surface area contributed by atoms with Gasteiger partial charge in [0.1, 0.15) is 5.58 Å².